The van der Waals surface area contributed by atoms with E-state index in [0.717, 1.165) is 6.07 Å². The minimum atomic E-state index is -3.97. The molecule has 8 heteroatoms. The maximum atomic E-state index is 13.4. The van der Waals surface area contributed by atoms with Crippen LogP contribution in [0.4, 0.5) is 10.1 Å². The SMILES string of the molecule is NS(=O)(=O)c1ccccc1NC(=O)c1ccc(Br)c(F)c1. The number of para-hydroxylation sites is 1. The van der Waals surface area contributed by atoms with Crippen LogP contribution >= 0.6 is 15.9 Å². The maximum absolute atomic E-state index is 13.4. The fourth-order valence-electron chi connectivity index (χ4n) is 1.65. The van der Waals surface area contributed by atoms with Crippen LogP contribution in [0.1, 0.15) is 10.4 Å². The summed E-state index contributed by atoms with van der Waals surface area (Å²) in [6.07, 6.45) is 0. The second-order valence-electron chi connectivity index (χ2n) is 4.12. The molecular formula is C13H10BrFN2O3S. The lowest BCUT2D eigenvalue weighted by atomic mass is 10.2. The molecule has 2 rings (SSSR count). The number of hydrogen-bond acceptors (Lipinski definition) is 3. The molecule has 0 heterocycles. The topological polar surface area (TPSA) is 89.3 Å². The molecular weight excluding hydrogens is 363 g/mol. The number of rotatable bonds is 3. The molecule has 0 aliphatic rings. The zero-order valence-corrected chi connectivity index (χ0v) is 12.9. The van der Waals surface area contributed by atoms with Crippen molar-refractivity contribution in [3.63, 3.8) is 0 Å². The van der Waals surface area contributed by atoms with Gasteiger partial charge in [-0.3, -0.25) is 4.79 Å². The van der Waals surface area contributed by atoms with Crippen LogP contribution in [0.2, 0.25) is 0 Å². The normalized spacial score (nSPS) is 11.2. The maximum Gasteiger partial charge on any atom is 0.255 e. The van der Waals surface area contributed by atoms with Crippen molar-refractivity contribution in [3.8, 4) is 0 Å². The molecule has 3 N–H and O–H groups in total. The van der Waals surface area contributed by atoms with E-state index in [1.807, 2.05) is 0 Å². The standard InChI is InChI=1S/C13H10BrFN2O3S/c14-9-6-5-8(7-10(9)15)13(18)17-11-3-1-2-4-12(11)21(16,19)20/h1-7H,(H,17,18)(H2,16,19,20). The third-order valence-electron chi connectivity index (χ3n) is 2.62. The monoisotopic (exact) mass is 372 g/mol. The molecule has 0 fully saturated rings. The summed E-state index contributed by atoms with van der Waals surface area (Å²) in [5.74, 6) is -1.24. The zero-order chi connectivity index (χ0) is 15.6. The Morgan fingerprint density at radius 3 is 2.48 bits per heavy atom. The number of amides is 1. The molecule has 0 spiro atoms. The van der Waals surface area contributed by atoms with Gasteiger partial charge in [0, 0.05) is 5.56 Å². The lowest BCUT2D eigenvalue weighted by Crippen LogP contribution is -2.18. The van der Waals surface area contributed by atoms with Crippen molar-refractivity contribution >= 4 is 37.5 Å². The van der Waals surface area contributed by atoms with Gasteiger partial charge in [0.2, 0.25) is 10.0 Å². The summed E-state index contributed by atoms with van der Waals surface area (Å²) in [6, 6.07) is 9.53. The quantitative estimate of drug-likeness (QED) is 0.866. The van der Waals surface area contributed by atoms with Gasteiger partial charge in [-0.1, -0.05) is 12.1 Å². The zero-order valence-electron chi connectivity index (χ0n) is 10.5. The van der Waals surface area contributed by atoms with Crippen LogP contribution in [0.5, 0.6) is 0 Å². The van der Waals surface area contributed by atoms with Crippen LogP contribution in [0.3, 0.4) is 0 Å². The molecule has 0 saturated carbocycles. The van der Waals surface area contributed by atoms with Gasteiger partial charge in [0.25, 0.3) is 5.91 Å². The van der Waals surface area contributed by atoms with Crippen molar-refractivity contribution in [3.05, 3.63) is 58.3 Å². The molecule has 0 aliphatic heterocycles. The highest BCUT2D eigenvalue weighted by Gasteiger charge is 2.16. The number of carbonyl (C=O) groups is 1. The molecule has 0 unspecified atom stereocenters. The third-order valence-corrected chi connectivity index (χ3v) is 4.24. The summed E-state index contributed by atoms with van der Waals surface area (Å²) in [5, 5.41) is 7.47. The predicted molar refractivity (Wildman–Crippen MR) is 79.9 cm³/mol. The lowest BCUT2D eigenvalue weighted by Gasteiger charge is -2.09. The summed E-state index contributed by atoms with van der Waals surface area (Å²) >= 11 is 2.98. The van der Waals surface area contributed by atoms with E-state index < -0.39 is 21.7 Å². The first-order chi connectivity index (χ1) is 9.79. The number of nitrogens with one attached hydrogen (secondary N) is 1. The largest absolute Gasteiger partial charge is 0.321 e. The first kappa shape index (κ1) is 15.6. The first-order valence-electron chi connectivity index (χ1n) is 5.67. The Hall–Kier alpha value is -1.77. The first-order valence-corrected chi connectivity index (χ1v) is 8.01. The van der Waals surface area contributed by atoms with E-state index in [1.54, 1.807) is 6.07 Å². The number of carbonyl (C=O) groups excluding carboxylic acids is 1. The third kappa shape index (κ3) is 3.66. The van der Waals surface area contributed by atoms with Gasteiger partial charge < -0.3 is 5.32 Å². The van der Waals surface area contributed by atoms with Gasteiger partial charge in [-0.2, -0.15) is 0 Å². The van der Waals surface area contributed by atoms with E-state index >= 15 is 0 Å². The van der Waals surface area contributed by atoms with Gasteiger partial charge in [-0.25, -0.2) is 17.9 Å². The van der Waals surface area contributed by atoms with Gasteiger partial charge in [-0.05, 0) is 46.3 Å². The fourth-order valence-corrected chi connectivity index (χ4v) is 2.59. The van der Waals surface area contributed by atoms with Crippen molar-refractivity contribution in [1.29, 1.82) is 0 Å². The molecule has 21 heavy (non-hydrogen) atoms. The molecule has 0 aliphatic carbocycles. The molecule has 0 atom stereocenters. The highest BCUT2D eigenvalue weighted by Crippen LogP contribution is 2.21. The summed E-state index contributed by atoms with van der Waals surface area (Å²) in [7, 11) is -3.97. The van der Waals surface area contributed by atoms with E-state index in [0.29, 0.717) is 0 Å². The fraction of sp³-hybridized carbons (Fsp3) is 0. The smallest absolute Gasteiger partial charge is 0.255 e. The number of benzene rings is 2. The average Bonchev–Trinajstić information content (AvgIpc) is 2.41. The van der Waals surface area contributed by atoms with Crippen molar-refractivity contribution in [2.45, 2.75) is 4.90 Å². The predicted octanol–water partition coefficient (Wildman–Crippen LogP) is 2.49. The Bertz CT molecular complexity index is 809. The van der Waals surface area contributed by atoms with Gasteiger partial charge >= 0.3 is 0 Å². The summed E-state index contributed by atoms with van der Waals surface area (Å²) in [5.41, 5.74) is 0.0910. The van der Waals surface area contributed by atoms with E-state index in [1.165, 1.54) is 30.3 Å². The molecule has 2 aromatic carbocycles. The van der Waals surface area contributed by atoms with E-state index in [4.69, 9.17) is 5.14 Å². The van der Waals surface area contributed by atoms with Gasteiger partial charge in [0.1, 0.15) is 10.7 Å². The van der Waals surface area contributed by atoms with E-state index in [-0.39, 0.29) is 20.6 Å². The van der Waals surface area contributed by atoms with Gasteiger partial charge in [0.15, 0.2) is 0 Å². The Kier molecular flexibility index (Phi) is 4.40. The highest BCUT2D eigenvalue weighted by atomic mass is 79.9. The number of nitrogens with two attached hydrogens (primary N) is 1. The number of primary sulfonamides is 1. The number of sulfonamides is 1. The summed E-state index contributed by atoms with van der Waals surface area (Å²) in [6.45, 7) is 0. The molecule has 1 amide bonds. The van der Waals surface area contributed by atoms with Crippen LogP contribution in [0, 0.1) is 5.82 Å². The Balaban J connectivity index is 2.34. The van der Waals surface area contributed by atoms with Crippen LogP contribution in [0.25, 0.3) is 0 Å². The average molecular weight is 373 g/mol. The molecule has 2 aromatic rings. The Labute approximate surface area is 129 Å². The summed E-state index contributed by atoms with van der Waals surface area (Å²) in [4.78, 5) is 11.8. The minimum absolute atomic E-state index is 0.0355. The molecule has 0 aromatic heterocycles. The summed E-state index contributed by atoms with van der Waals surface area (Å²) < 4.78 is 36.5. The van der Waals surface area contributed by atoms with Crippen LogP contribution in [-0.4, -0.2) is 14.3 Å². The number of hydrogen-bond donors (Lipinski definition) is 2. The van der Waals surface area contributed by atoms with Gasteiger partial charge in [-0.15, -0.1) is 0 Å². The van der Waals surface area contributed by atoms with Gasteiger partial charge in [0.05, 0.1) is 10.2 Å². The van der Waals surface area contributed by atoms with E-state index in [9.17, 15) is 17.6 Å². The highest BCUT2D eigenvalue weighted by molar-refractivity contribution is 9.10. The van der Waals surface area contributed by atoms with E-state index in [2.05, 4.69) is 21.2 Å². The molecule has 0 saturated heterocycles. The second-order valence-corrected chi connectivity index (χ2v) is 6.51. The Morgan fingerprint density at radius 1 is 1.19 bits per heavy atom. The molecule has 0 bridgehead atoms. The van der Waals surface area contributed by atoms with Crippen molar-refractivity contribution in [1.82, 2.24) is 0 Å². The van der Waals surface area contributed by atoms with Crippen molar-refractivity contribution in [2.75, 3.05) is 5.32 Å². The van der Waals surface area contributed by atoms with Crippen molar-refractivity contribution in [2.24, 2.45) is 5.14 Å². The minimum Gasteiger partial charge on any atom is -0.321 e. The molecule has 5 nitrogen and oxygen atoms in total. The Morgan fingerprint density at radius 2 is 1.86 bits per heavy atom. The van der Waals surface area contributed by atoms with Crippen LogP contribution in [0.15, 0.2) is 51.8 Å². The number of anilines is 1. The number of halogens is 2. The molecule has 0 radical (unpaired) electrons. The molecule has 110 valence electrons. The second kappa shape index (κ2) is 5.92. The lowest BCUT2D eigenvalue weighted by molar-refractivity contribution is 0.102. The van der Waals surface area contributed by atoms with Crippen LogP contribution in [-0.2, 0) is 10.0 Å². The van der Waals surface area contributed by atoms with Crippen LogP contribution < -0.4 is 10.5 Å². The van der Waals surface area contributed by atoms with Crippen molar-refractivity contribution < 1.29 is 17.6 Å².